The second kappa shape index (κ2) is 3.50. The molecule has 5 heteroatoms. The molecule has 0 aliphatic carbocycles. The van der Waals surface area contributed by atoms with E-state index in [1.807, 2.05) is 31.4 Å². The first-order valence-electron chi connectivity index (χ1n) is 5.36. The van der Waals surface area contributed by atoms with Gasteiger partial charge in [0.25, 0.3) is 5.91 Å². The second-order valence-electron chi connectivity index (χ2n) is 4.22. The minimum Gasteiger partial charge on any atom is -0.449 e. The van der Waals surface area contributed by atoms with Gasteiger partial charge in [0.2, 0.25) is 10.8 Å². The lowest BCUT2D eigenvalue weighted by Gasteiger charge is -2.20. The fraction of sp³-hybridized carbons (Fsp3) is 0.333. The summed E-state index contributed by atoms with van der Waals surface area (Å²) < 4.78 is 5.75. The number of hydrogen-bond acceptors (Lipinski definition) is 4. The van der Waals surface area contributed by atoms with Crippen molar-refractivity contribution in [2.75, 3.05) is 18.1 Å². The maximum absolute atomic E-state index is 12.1. The predicted octanol–water partition coefficient (Wildman–Crippen LogP) is 1.89. The van der Waals surface area contributed by atoms with Gasteiger partial charge in [-0.15, -0.1) is 0 Å². The summed E-state index contributed by atoms with van der Waals surface area (Å²) in [4.78, 5) is 16.4. The van der Waals surface area contributed by atoms with E-state index in [1.54, 1.807) is 0 Å². The number of carbonyl (C=O) groups is 1. The first kappa shape index (κ1) is 10.7. The zero-order chi connectivity index (χ0) is 12.0. The number of benzene rings is 1. The topological polar surface area (TPSA) is 50.7 Å². The molecule has 0 bridgehead atoms. The molecule has 1 N–H and O–H groups in total. The maximum atomic E-state index is 12.1. The third kappa shape index (κ3) is 1.38. The molecule has 2 aliphatic heterocycles. The number of aryl methyl sites for hydroxylation is 1. The first-order valence-corrected chi connectivity index (χ1v) is 6.58. The number of ether oxygens (including phenoxy) is 1. The number of nitrogens with one attached hydrogen (secondary N) is 1. The van der Waals surface area contributed by atoms with Gasteiger partial charge >= 0.3 is 0 Å². The van der Waals surface area contributed by atoms with E-state index >= 15 is 0 Å². The molecule has 1 unspecified atom stereocenters. The van der Waals surface area contributed by atoms with Crippen molar-refractivity contribution < 1.29 is 9.53 Å². The molecule has 0 aromatic heterocycles. The van der Waals surface area contributed by atoms with E-state index in [2.05, 4.69) is 10.3 Å². The van der Waals surface area contributed by atoms with Gasteiger partial charge < -0.3 is 10.1 Å². The summed E-state index contributed by atoms with van der Waals surface area (Å²) in [6.07, 6.45) is 1.89. The Morgan fingerprint density at radius 1 is 1.53 bits per heavy atom. The molecule has 3 rings (SSSR count). The zero-order valence-electron chi connectivity index (χ0n) is 9.61. The maximum Gasteiger partial charge on any atom is 0.275 e. The van der Waals surface area contributed by atoms with Crippen LogP contribution in [0.5, 0.6) is 0 Å². The molecule has 2 heterocycles. The van der Waals surface area contributed by atoms with Crippen molar-refractivity contribution in [2.24, 2.45) is 4.99 Å². The summed E-state index contributed by atoms with van der Waals surface area (Å²) >= 11 is 1.42. The summed E-state index contributed by atoms with van der Waals surface area (Å²) in [7, 11) is 0. The fourth-order valence-corrected chi connectivity index (χ4v) is 2.62. The summed E-state index contributed by atoms with van der Waals surface area (Å²) in [5, 5.41) is 3.43. The molecular weight excluding hydrogens is 236 g/mol. The van der Waals surface area contributed by atoms with Crippen LogP contribution >= 0.6 is 11.8 Å². The monoisotopic (exact) mass is 248 g/mol. The van der Waals surface area contributed by atoms with Crippen molar-refractivity contribution in [1.29, 1.82) is 0 Å². The molecule has 1 amide bonds. The molecule has 2 aliphatic rings. The molecule has 1 aromatic rings. The van der Waals surface area contributed by atoms with Crippen LogP contribution < -0.4 is 5.32 Å². The van der Waals surface area contributed by atoms with Crippen molar-refractivity contribution in [3.05, 3.63) is 29.3 Å². The highest BCUT2D eigenvalue weighted by Gasteiger charge is 2.52. The lowest BCUT2D eigenvalue weighted by atomic mass is 9.94. The Hall–Kier alpha value is -1.49. The molecule has 4 nitrogen and oxygen atoms in total. The zero-order valence-corrected chi connectivity index (χ0v) is 10.4. The van der Waals surface area contributed by atoms with Gasteiger partial charge in [-0.05, 0) is 25.3 Å². The average Bonchev–Trinajstić information content (AvgIpc) is 2.86. The summed E-state index contributed by atoms with van der Waals surface area (Å²) in [6.45, 7) is 2.37. The number of nitrogens with zero attached hydrogens (tertiary/aromatic N) is 1. The van der Waals surface area contributed by atoms with Crippen LogP contribution in [0, 0.1) is 6.92 Å². The minimum atomic E-state index is -0.931. The second-order valence-corrected chi connectivity index (χ2v) is 4.98. The van der Waals surface area contributed by atoms with Gasteiger partial charge in [-0.2, -0.15) is 0 Å². The normalized spacial score (nSPS) is 25.5. The van der Waals surface area contributed by atoms with Crippen LogP contribution in [0.4, 0.5) is 5.69 Å². The summed E-state index contributed by atoms with van der Waals surface area (Å²) in [6, 6.07) is 5.88. The largest absolute Gasteiger partial charge is 0.449 e. The summed E-state index contributed by atoms with van der Waals surface area (Å²) in [5.41, 5.74) is 1.91. The molecule has 17 heavy (non-hydrogen) atoms. The number of hydrogen-bond donors (Lipinski definition) is 1. The molecule has 0 saturated carbocycles. The number of fused-ring (bicyclic) bond motifs is 2. The number of rotatable bonds is 0. The molecule has 0 saturated heterocycles. The van der Waals surface area contributed by atoms with Crippen molar-refractivity contribution in [1.82, 2.24) is 0 Å². The smallest absolute Gasteiger partial charge is 0.275 e. The van der Waals surface area contributed by atoms with Gasteiger partial charge in [0, 0.05) is 11.3 Å². The number of carbonyl (C=O) groups excluding carboxylic acids is 1. The van der Waals surface area contributed by atoms with Crippen molar-refractivity contribution in [2.45, 2.75) is 12.5 Å². The fourth-order valence-electron chi connectivity index (χ4n) is 2.20. The lowest BCUT2D eigenvalue weighted by molar-refractivity contribution is -0.129. The van der Waals surface area contributed by atoms with Crippen molar-refractivity contribution in [3.63, 3.8) is 0 Å². The summed E-state index contributed by atoms with van der Waals surface area (Å²) in [5.74, 6) is -0.120. The number of thioether (sulfide) groups is 1. The van der Waals surface area contributed by atoms with Gasteiger partial charge in [0.15, 0.2) is 0 Å². The number of anilines is 1. The van der Waals surface area contributed by atoms with Gasteiger partial charge in [-0.3, -0.25) is 4.79 Å². The minimum absolute atomic E-state index is 0.120. The first-order chi connectivity index (χ1) is 8.15. The SMILES string of the molecule is CSC1=NCC2(O1)C(=O)Nc1ccc(C)cc12. The molecular formula is C12H12N2O2S. The Bertz CT molecular complexity index is 541. The Labute approximate surface area is 103 Å². The van der Waals surface area contributed by atoms with E-state index in [0.29, 0.717) is 11.8 Å². The van der Waals surface area contributed by atoms with Crippen LogP contribution in [-0.4, -0.2) is 23.9 Å². The molecule has 0 fully saturated rings. The standard InChI is InChI=1S/C12H12N2O2S/c1-7-3-4-9-8(5-7)12(10(15)14-9)6-13-11(16-12)17-2/h3-5H,6H2,1-2H3,(H,14,15). The van der Waals surface area contributed by atoms with E-state index in [4.69, 9.17) is 4.74 Å². The molecule has 88 valence electrons. The van der Waals surface area contributed by atoms with Crippen LogP contribution in [0.2, 0.25) is 0 Å². The predicted molar refractivity (Wildman–Crippen MR) is 68.4 cm³/mol. The Morgan fingerprint density at radius 2 is 2.35 bits per heavy atom. The highest BCUT2D eigenvalue weighted by atomic mass is 32.2. The van der Waals surface area contributed by atoms with Gasteiger partial charge in [-0.1, -0.05) is 23.4 Å². The molecule has 0 radical (unpaired) electrons. The third-order valence-electron chi connectivity index (χ3n) is 3.09. The quantitative estimate of drug-likeness (QED) is 0.762. The van der Waals surface area contributed by atoms with E-state index in [0.717, 1.165) is 16.8 Å². The van der Waals surface area contributed by atoms with E-state index in [1.165, 1.54) is 11.8 Å². The van der Waals surface area contributed by atoms with E-state index < -0.39 is 5.60 Å². The third-order valence-corrected chi connectivity index (χ3v) is 3.65. The van der Waals surface area contributed by atoms with Crippen molar-refractivity contribution in [3.8, 4) is 0 Å². The molecule has 1 aromatic carbocycles. The van der Waals surface area contributed by atoms with Crippen LogP contribution in [0.25, 0.3) is 0 Å². The average molecular weight is 248 g/mol. The van der Waals surface area contributed by atoms with E-state index in [-0.39, 0.29) is 5.91 Å². The molecule has 1 atom stereocenters. The van der Waals surface area contributed by atoms with Gasteiger partial charge in [-0.25, -0.2) is 4.99 Å². The Kier molecular flexibility index (Phi) is 2.19. The lowest BCUT2D eigenvalue weighted by Crippen LogP contribution is -2.37. The highest BCUT2D eigenvalue weighted by molar-refractivity contribution is 8.12. The highest BCUT2D eigenvalue weighted by Crippen LogP contribution is 2.43. The molecule has 1 spiro atoms. The Morgan fingerprint density at radius 3 is 3.06 bits per heavy atom. The number of aliphatic imine (C=N–C) groups is 1. The number of amides is 1. The van der Waals surface area contributed by atoms with Crippen LogP contribution in [-0.2, 0) is 15.1 Å². The van der Waals surface area contributed by atoms with Crippen molar-refractivity contribution >= 4 is 28.6 Å². The van der Waals surface area contributed by atoms with Gasteiger partial charge in [0.1, 0.15) is 0 Å². The van der Waals surface area contributed by atoms with Crippen LogP contribution in [0.15, 0.2) is 23.2 Å². The Balaban J connectivity index is 2.09. The van der Waals surface area contributed by atoms with Crippen LogP contribution in [0.1, 0.15) is 11.1 Å². The van der Waals surface area contributed by atoms with Gasteiger partial charge in [0.05, 0.1) is 6.54 Å². The van der Waals surface area contributed by atoms with Crippen LogP contribution in [0.3, 0.4) is 0 Å². The van der Waals surface area contributed by atoms with E-state index in [9.17, 15) is 4.79 Å².